The third-order valence-electron chi connectivity index (χ3n) is 7.02. The van der Waals surface area contributed by atoms with Gasteiger partial charge in [0.25, 0.3) is 5.56 Å². The van der Waals surface area contributed by atoms with Crippen molar-refractivity contribution in [3.05, 3.63) is 147 Å². The van der Waals surface area contributed by atoms with Crippen LogP contribution in [0.1, 0.15) is 29.8 Å². The standard InChI is InChI=1S/C33H34N3O8P/c1-24-21-36(32(39)34-30(24)37)29-18-19-33(2,43-29)23-42-45(40,44-27-16-10-5-11-17-27)35-28(20-25-12-6-3-7-13-25)31(38)41-22-26-14-8-4-9-15-26/h3-19,21,28-29H,20,22-23H2,1-2H3,(H,35,40)(H,34,37,39)/t28-,29+,33-,45?/m0/s1. The van der Waals surface area contributed by atoms with Crippen LogP contribution in [0.15, 0.2) is 119 Å². The van der Waals surface area contributed by atoms with E-state index >= 15 is 0 Å². The molecule has 0 amide bonds. The van der Waals surface area contributed by atoms with E-state index in [-0.39, 0.29) is 25.4 Å². The number of aromatic amines is 1. The zero-order valence-corrected chi connectivity index (χ0v) is 25.7. The number of esters is 1. The summed E-state index contributed by atoms with van der Waals surface area (Å²) in [6.45, 7) is 3.02. The first-order chi connectivity index (χ1) is 21.6. The third-order valence-corrected chi connectivity index (χ3v) is 8.57. The van der Waals surface area contributed by atoms with Crippen molar-refractivity contribution in [3.63, 3.8) is 0 Å². The molecule has 0 fully saturated rings. The number of carbonyl (C=O) groups is 1. The Morgan fingerprint density at radius 3 is 2.29 bits per heavy atom. The molecular formula is C33H34N3O8P. The highest BCUT2D eigenvalue weighted by Gasteiger charge is 2.40. The van der Waals surface area contributed by atoms with Crippen LogP contribution in [-0.2, 0) is 36.4 Å². The van der Waals surface area contributed by atoms with E-state index in [1.165, 1.54) is 10.8 Å². The van der Waals surface area contributed by atoms with E-state index in [0.717, 1.165) is 11.1 Å². The van der Waals surface area contributed by atoms with Crippen molar-refractivity contribution in [3.8, 4) is 5.75 Å². The fourth-order valence-electron chi connectivity index (χ4n) is 4.62. The molecule has 11 nitrogen and oxygen atoms in total. The van der Waals surface area contributed by atoms with Gasteiger partial charge >= 0.3 is 19.4 Å². The van der Waals surface area contributed by atoms with Gasteiger partial charge in [-0.15, -0.1) is 0 Å². The van der Waals surface area contributed by atoms with Gasteiger partial charge in [-0.3, -0.25) is 23.7 Å². The molecule has 0 saturated heterocycles. The topological polar surface area (TPSA) is 138 Å². The van der Waals surface area contributed by atoms with Gasteiger partial charge in [-0.05, 0) is 49.6 Å². The third kappa shape index (κ3) is 8.55. The molecule has 12 heteroatoms. The maximum Gasteiger partial charge on any atom is 0.459 e. The Labute approximate surface area is 260 Å². The number of aryl methyl sites for hydroxylation is 1. The molecule has 0 spiro atoms. The molecule has 234 valence electrons. The van der Waals surface area contributed by atoms with E-state index in [1.807, 2.05) is 60.7 Å². The van der Waals surface area contributed by atoms with E-state index in [4.69, 9.17) is 18.5 Å². The van der Waals surface area contributed by atoms with Crippen molar-refractivity contribution >= 4 is 13.7 Å². The highest BCUT2D eigenvalue weighted by Crippen LogP contribution is 2.47. The fraction of sp³-hybridized carbons (Fsp3) is 0.242. The number of para-hydroxylation sites is 1. The Hall–Kier alpha value is -4.54. The van der Waals surface area contributed by atoms with Crippen LogP contribution >= 0.6 is 7.75 Å². The average molecular weight is 632 g/mol. The number of nitrogens with one attached hydrogen (secondary N) is 2. The predicted molar refractivity (Wildman–Crippen MR) is 168 cm³/mol. The number of benzene rings is 3. The highest BCUT2D eigenvalue weighted by molar-refractivity contribution is 7.52. The van der Waals surface area contributed by atoms with Gasteiger partial charge in [0.05, 0.1) is 6.61 Å². The van der Waals surface area contributed by atoms with Crippen molar-refractivity contribution in [2.75, 3.05) is 6.61 Å². The lowest BCUT2D eigenvalue weighted by atomic mass is 10.1. The second kappa shape index (κ2) is 14.0. The van der Waals surface area contributed by atoms with Crippen molar-refractivity contribution in [1.82, 2.24) is 14.6 Å². The van der Waals surface area contributed by atoms with Crippen LogP contribution in [0.25, 0.3) is 0 Å². The molecular weight excluding hydrogens is 597 g/mol. The van der Waals surface area contributed by atoms with Crippen LogP contribution in [0.2, 0.25) is 0 Å². The molecule has 0 bridgehead atoms. The maximum atomic E-state index is 14.4. The number of H-pyrrole nitrogens is 1. The SMILES string of the molecule is Cc1cn([C@H]2C=C[C@@](C)(COP(=O)(N[C@@H](Cc3ccccc3)C(=O)OCc3ccccc3)Oc3ccccc3)O2)c(=O)[nH]c1=O. The molecule has 0 saturated carbocycles. The van der Waals surface area contributed by atoms with Crippen LogP contribution in [0.5, 0.6) is 5.75 Å². The maximum absolute atomic E-state index is 14.4. The van der Waals surface area contributed by atoms with E-state index in [1.54, 1.807) is 56.3 Å². The van der Waals surface area contributed by atoms with Crippen LogP contribution < -0.4 is 20.9 Å². The first-order valence-electron chi connectivity index (χ1n) is 14.3. The molecule has 2 N–H and O–H groups in total. The zero-order valence-electron chi connectivity index (χ0n) is 24.8. The number of nitrogens with zero attached hydrogens (tertiary/aromatic N) is 1. The molecule has 0 aliphatic carbocycles. The Balaban J connectivity index is 1.36. The quantitative estimate of drug-likeness (QED) is 0.121. The number of carbonyl (C=O) groups excluding carboxylic acids is 1. The number of rotatable bonds is 13. The summed E-state index contributed by atoms with van der Waals surface area (Å²) in [7, 11) is -4.28. The van der Waals surface area contributed by atoms with Gasteiger partial charge < -0.3 is 14.0 Å². The molecule has 1 unspecified atom stereocenters. The van der Waals surface area contributed by atoms with Crippen molar-refractivity contribution in [2.45, 2.75) is 44.7 Å². The molecule has 1 aliphatic rings. The minimum atomic E-state index is -4.28. The average Bonchev–Trinajstić information content (AvgIpc) is 3.44. The second-order valence-electron chi connectivity index (χ2n) is 10.8. The summed E-state index contributed by atoms with van der Waals surface area (Å²) >= 11 is 0. The van der Waals surface area contributed by atoms with Crippen LogP contribution in [0.4, 0.5) is 0 Å². The van der Waals surface area contributed by atoms with E-state index in [9.17, 15) is 18.9 Å². The lowest BCUT2D eigenvalue weighted by molar-refractivity contribution is -0.147. The summed E-state index contributed by atoms with van der Waals surface area (Å²) in [5.74, 6) is -0.384. The monoisotopic (exact) mass is 631 g/mol. The predicted octanol–water partition coefficient (Wildman–Crippen LogP) is 4.84. The van der Waals surface area contributed by atoms with Crippen LogP contribution in [-0.4, -0.2) is 33.8 Å². The Morgan fingerprint density at radius 2 is 1.62 bits per heavy atom. The number of aromatic nitrogens is 2. The van der Waals surface area contributed by atoms with Gasteiger partial charge in [0.15, 0.2) is 6.23 Å². The number of hydrogen-bond acceptors (Lipinski definition) is 8. The van der Waals surface area contributed by atoms with Crippen LogP contribution in [0.3, 0.4) is 0 Å². The van der Waals surface area contributed by atoms with Gasteiger partial charge in [-0.25, -0.2) is 9.36 Å². The molecule has 45 heavy (non-hydrogen) atoms. The van der Waals surface area contributed by atoms with E-state index < -0.39 is 42.8 Å². The van der Waals surface area contributed by atoms with E-state index in [0.29, 0.717) is 5.56 Å². The molecule has 3 aromatic carbocycles. The normalized spacial score (nSPS) is 19.5. The lowest BCUT2D eigenvalue weighted by Gasteiger charge is -2.29. The number of hydrogen-bond donors (Lipinski definition) is 2. The highest BCUT2D eigenvalue weighted by atomic mass is 31.2. The Bertz CT molecular complexity index is 1790. The smallest absolute Gasteiger partial charge is 0.459 e. The summed E-state index contributed by atoms with van der Waals surface area (Å²) in [6.07, 6.45) is 4.01. The summed E-state index contributed by atoms with van der Waals surface area (Å²) < 4.78 is 39.2. The molecule has 0 radical (unpaired) electrons. The van der Waals surface area contributed by atoms with Crippen molar-refractivity contribution < 1.29 is 27.9 Å². The van der Waals surface area contributed by atoms with Gasteiger partial charge in [-0.1, -0.05) is 84.9 Å². The Kier molecular flexibility index (Phi) is 9.95. The summed E-state index contributed by atoms with van der Waals surface area (Å²) in [4.78, 5) is 40.0. The molecule has 2 heterocycles. The van der Waals surface area contributed by atoms with Gasteiger partial charge in [-0.2, -0.15) is 5.09 Å². The van der Waals surface area contributed by atoms with E-state index in [2.05, 4.69) is 10.1 Å². The summed E-state index contributed by atoms with van der Waals surface area (Å²) in [6, 6.07) is 25.8. The number of ether oxygens (including phenoxy) is 2. The first-order valence-corrected chi connectivity index (χ1v) is 15.9. The summed E-state index contributed by atoms with van der Waals surface area (Å²) in [5.41, 5.74) is -0.325. The first kappa shape index (κ1) is 31.9. The second-order valence-corrected chi connectivity index (χ2v) is 12.5. The largest absolute Gasteiger partial charge is 0.460 e. The molecule has 4 aromatic rings. The molecule has 1 aromatic heterocycles. The summed E-state index contributed by atoms with van der Waals surface area (Å²) in [5, 5.41) is 2.83. The molecule has 4 atom stereocenters. The van der Waals surface area contributed by atoms with Crippen molar-refractivity contribution in [1.29, 1.82) is 0 Å². The lowest BCUT2D eigenvalue weighted by Crippen LogP contribution is -2.41. The molecule has 5 rings (SSSR count). The Morgan fingerprint density at radius 1 is 1.00 bits per heavy atom. The molecule has 1 aliphatic heterocycles. The van der Waals surface area contributed by atoms with Crippen LogP contribution in [0, 0.1) is 6.92 Å². The minimum Gasteiger partial charge on any atom is -0.460 e. The van der Waals surface area contributed by atoms with Gasteiger partial charge in [0.1, 0.15) is 24.0 Å². The van der Waals surface area contributed by atoms with Gasteiger partial charge in [0.2, 0.25) is 0 Å². The minimum absolute atomic E-state index is 0.0268. The van der Waals surface area contributed by atoms with Crippen molar-refractivity contribution in [2.24, 2.45) is 0 Å². The fourth-order valence-corrected chi connectivity index (χ4v) is 6.21. The zero-order chi connectivity index (χ0) is 31.9. The van der Waals surface area contributed by atoms with Gasteiger partial charge in [0, 0.05) is 11.8 Å².